The van der Waals surface area contributed by atoms with Crippen molar-refractivity contribution in [1.29, 1.82) is 0 Å². The number of H-pyrrole nitrogens is 1. The van der Waals surface area contributed by atoms with E-state index in [0.29, 0.717) is 33.4 Å². The van der Waals surface area contributed by atoms with Crippen LogP contribution >= 0.6 is 0 Å². The van der Waals surface area contributed by atoms with Crippen LogP contribution in [-0.4, -0.2) is 42.4 Å². The van der Waals surface area contributed by atoms with Crippen LogP contribution in [0.25, 0.3) is 10.8 Å². The zero-order valence-electron chi connectivity index (χ0n) is 19.5. The van der Waals surface area contributed by atoms with Gasteiger partial charge in [0.05, 0.1) is 25.8 Å². The molecule has 1 heterocycles. The number of fused-ring (bicyclic) bond motifs is 1. The molecule has 0 saturated heterocycles. The van der Waals surface area contributed by atoms with Gasteiger partial charge in [-0.25, -0.2) is 10.5 Å². The minimum Gasteiger partial charge on any atom is -0.497 e. The molecule has 2 amide bonds. The summed E-state index contributed by atoms with van der Waals surface area (Å²) < 4.78 is 10.5. The molecule has 0 bridgehead atoms. The summed E-state index contributed by atoms with van der Waals surface area (Å²) in [5, 5.41) is 14.0. The Bertz CT molecular complexity index is 1480. The molecule has 0 saturated carbocycles. The van der Waals surface area contributed by atoms with Gasteiger partial charge in [-0.05, 0) is 30.3 Å². The SMILES string of the molecule is COc1ccc(/C=N/NC(=O)[C@H](NC(=O)c2ccccc2)c2n[nH]c(=O)c3ccccc23)c(OC)c1. The van der Waals surface area contributed by atoms with E-state index in [1.807, 2.05) is 0 Å². The molecule has 0 unspecified atom stereocenters. The fraction of sp³-hybridized carbons (Fsp3) is 0.115. The van der Waals surface area contributed by atoms with E-state index >= 15 is 0 Å². The van der Waals surface area contributed by atoms with Gasteiger partial charge >= 0.3 is 0 Å². The number of hydrazone groups is 1. The van der Waals surface area contributed by atoms with E-state index in [9.17, 15) is 14.4 Å². The van der Waals surface area contributed by atoms with E-state index in [2.05, 4.69) is 26.0 Å². The number of amides is 2. The summed E-state index contributed by atoms with van der Waals surface area (Å²) in [6.07, 6.45) is 1.41. The maximum absolute atomic E-state index is 13.3. The lowest BCUT2D eigenvalue weighted by Gasteiger charge is -2.18. The molecule has 4 aromatic rings. The van der Waals surface area contributed by atoms with Crippen molar-refractivity contribution in [3.63, 3.8) is 0 Å². The van der Waals surface area contributed by atoms with Crippen LogP contribution < -0.4 is 25.8 Å². The van der Waals surface area contributed by atoms with Crippen molar-refractivity contribution in [2.24, 2.45) is 5.10 Å². The Morgan fingerprint density at radius 1 is 0.972 bits per heavy atom. The minimum atomic E-state index is -1.26. The summed E-state index contributed by atoms with van der Waals surface area (Å²) >= 11 is 0. The monoisotopic (exact) mass is 485 g/mol. The van der Waals surface area contributed by atoms with Gasteiger partial charge in [0.2, 0.25) is 0 Å². The lowest BCUT2D eigenvalue weighted by molar-refractivity contribution is -0.123. The van der Waals surface area contributed by atoms with Gasteiger partial charge in [-0.2, -0.15) is 10.2 Å². The molecule has 36 heavy (non-hydrogen) atoms. The summed E-state index contributed by atoms with van der Waals surface area (Å²) in [4.78, 5) is 38.4. The number of methoxy groups -OCH3 is 2. The number of hydrogen-bond acceptors (Lipinski definition) is 7. The summed E-state index contributed by atoms with van der Waals surface area (Å²) in [7, 11) is 3.05. The fourth-order valence-corrected chi connectivity index (χ4v) is 3.57. The predicted octanol–water partition coefficient (Wildman–Crippen LogP) is 2.56. The molecular weight excluding hydrogens is 462 g/mol. The van der Waals surface area contributed by atoms with Crippen molar-refractivity contribution in [2.75, 3.05) is 14.2 Å². The molecule has 0 radical (unpaired) electrons. The topological polar surface area (TPSA) is 135 Å². The Labute approximate surface area is 206 Å². The molecule has 10 nitrogen and oxygen atoms in total. The fourth-order valence-electron chi connectivity index (χ4n) is 3.57. The van der Waals surface area contributed by atoms with Gasteiger partial charge in [0.1, 0.15) is 17.2 Å². The van der Waals surface area contributed by atoms with Crippen LogP contribution in [0.15, 0.2) is 82.7 Å². The van der Waals surface area contributed by atoms with Gasteiger partial charge in [-0.1, -0.05) is 36.4 Å². The number of benzene rings is 3. The Hall–Kier alpha value is -4.99. The Morgan fingerprint density at radius 2 is 1.69 bits per heavy atom. The summed E-state index contributed by atoms with van der Waals surface area (Å²) in [6.45, 7) is 0. The molecule has 3 aromatic carbocycles. The van der Waals surface area contributed by atoms with Crippen molar-refractivity contribution in [3.05, 3.63) is 100.0 Å². The maximum atomic E-state index is 13.3. The minimum absolute atomic E-state index is 0.171. The third-order valence-corrected chi connectivity index (χ3v) is 5.39. The highest BCUT2D eigenvalue weighted by molar-refractivity contribution is 5.99. The van der Waals surface area contributed by atoms with Crippen molar-refractivity contribution < 1.29 is 19.1 Å². The van der Waals surface area contributed by atoms with Crippen LogP contribution in [0.4, 0.5) is 0 Å². The number of nitrogens with zero attached hydrogens (tertiary/aromatic N) is 2. The van der Waals surface area contributed by atoms with Gasteiger partial charge in [0.15, 0.2) is 6.04 Å². The largest absolute Gasteiger partial charge is 0.497 e. The summed E-state index contributed by atoms with van der Waals surface area (Å²) in [5.41, 5.74) is 3.15. The van der Waals surface area contributed by atoms with Crippen molar-refractivity contribution in [1.82, 2.24) is 20.9 Å². The predicted molar refractivity (Wildman–Crippen MR) is 134 cm³/mol. The maximum Gasteiger partial charge on any atom is 0.272 e. The first-order valence-electron chi connectivity index (χ1n) is 10.9. The van der Waals surface area contributed by atoms with E-state index in [1.54, 1.807) is 79.9 Å². The lowest BCUT2D eigenvalue weighted by Crippen LogP contribution is -2.40. The first-order valence-corrected chi connectivity index (χ1v) is 10.9. The average molecular weight is 486 g/mol. The zero-order valence-corrected chi connectivity index (χ0v) is 19.5. The van der Waals surface area contributed by atoms with E-state index in [-0.39, 0.29) is 5.69 Å². The van der Waals surface area contributed by atoms with E-state index in [0.717, 1.165) is 0 Å². The number of aromatic amines is 1. The van der Waals surface area contributed by atoms with Gasteiger partial charge < -0.3 is 14.8 Å². The number of carbonyl (C=O) groups is 2. The van der Waals surface area contributed by atoms with Crippen LogP contribution in [0.2, 0.25) is 0 Å². The van der Waals surface area contributed by atoms with Crippen LogP contribution in [0.5, 0.6) is 11.5 Å². The van der Waals surface area contributed by atoms with Crippen LogP contribution in [0.1, 0.15) is 27.7 Å². The van der Waals surface area contributed by atoms with E-state index in [1.165, 1.54) is 13.3 Å². The third kappa shape index (κ3) is 5.22. The molecule has 4 rings (SSSR count). The highest BCUT2D eigenvalue weighted by Crippen LogP contribution is 2.23. The first kappa shape index (κ1) is 24.1. The summed E-state index contributed by atoms with van der Waals surface area (Å²) in [6, 6.07) is 19.0. The van der Waals surface area contributed by atoms with Gasteiger partial charge in [-0.15, -0.1) is 0 Å². The molecule has 1 atom stereocenters. The summed E-state index contributed by atoms with van der Waals surface area (Å²) in [5.74, 6) is -0.0522. The first-order chi connectivity index (χ1) is 17.5. The normalized spacial score (nSPS) is 11.7. The Balaban J connectivity index is 1.66. The molecule has 3 N–H and O–H groups in total. The van der Waals surface area contributed by atoms with Gasteiger partial charge in [0, 0.05) is 22.6 Å². The number of nitrogens with one attached hydrogen (secondary N) is 3. The van der Waals surface area contributed by atoms with E-state index in [4.69, 9.17) is 9.47 Å². The van der Waals surface area contributed by atoms with Crippen LogP contribution in [0, 0.1) is 0 Å². The average Bonchev–Trinajstić information content (AvgIpc) is 2.92. The van der Waals surface area contributed by atoms with Crippen molar-refractivity contribution >= 4 is 28.8 Å². The Kier molecular flexibility index (Phi) is 7.35. The smallest absolute Gasteiger partial charge is 0.272 e. The second kappa shape index (κ2) is 11.0. The highest BCUT2D eigenvalue weighted by atomic mass is 16.5. The van der Waals surface area contributed by atoms with E-state index < -0.39 is 23.4 Å². The standard InChI is InChI=1S/C26H23N5O5/c1-35-18-13-12-17(21(14-18)36-2)15-27-30-26(34)23(28-24(32)16-8-4-3-5-9-16)22-19-10-6-7-11-20(19)25(33)31-29-22/h3-15,23H,1-2H3,(H,28,32)(H,30,34)(H,31,33)/b27-15+/t23-/m1/s1. The van der Waals surface area contributed by atoms with Crippen LogP contribution in [0.3, 0.4) is 0 Å². The van der Waals surface area contributed by atoms with Crippen molar-refractivity contribution in [3.8, 4) is 11.5 Å². The molecular formula is C26H23N5O5. The second-order valence-electron chi connectivity index (χ2n) is 7.60. The Morgan fingerprint density at radius 3 is 2.42 bits per heavy atom. The second-order valence-corrected chi connectivity index (χ2v) is 7.60. The molecule has 0 aliphatic carbocycles. The molecule has 0 spiro atoms. The van der Waals surface area contributed by atoms with Crippen molar-refractivity contribution in [2.45, 2.75) is 6.04 Å². The third-order valence-electron chi connectivity index (χ3n) is 5.39. The lowest BCUT2D eigenvalue weighted by atomic mass is 10.0. The molecule has 182 valence electrons. The molecule has 0 fully saturated rings. The quantitative estimate of drug-likeness (QED) is 0.259. The number of carbonyl (C=O) groups excluding carboxylic acids is 2. The number of aromatic nitrogens is 2. The molecule has 0 aliphatic heterocycles. The number of rotatable bonds is 8. The number of ether oxygens (including phenoxy) is 2. The van der Waals surface area contributed by atoms with Gasteiger partial charge in [-0.3, -0.25) is 14.4 Å². The molecule has 0 aliphatic rings. The number of hydrogen-bond donors (Lipinski definition) is 3. The zero-order chi connectivity index (χ0) is 25.5. The molecule has 10 heteroatoms. The highest BCUT2D eigenvalue weighted by Gasteiger charge is 2.27. The van der Waals surface area contributed by atoms with Crippen LogP contribution in [-0.2, 0) is 4.79 Å². The van der Waals surface area contributed by atoms with Gasteiger partial charge in [0.25, 0.3) is 17.4 Å². The molecule has 1 aromatic heterocycles.